The van der Waals surface area contributed by atoms with Crippen LogP contribution in [-0.4, -0.2) is 44.4 Å². The second kappa shape index (κ2) is 4.49. The first kappa shape index (κ1) is 15.4. The molecule has 2 N–H and O–H groups in total. The third kappa shape index (κ3) is 1.80. The summed E-state index contributed by atoms with van der Waals surface area (Å²) in [7, 11) is 0. The van der Waals surface area contributed by atoms with Crippen LogP contribution in [0.4, 0.5) is 4.79 Å². The van der Waals surface area contributed by atoms with Gasteiger partial charge in [0, 0.05) is 12.8 Å². The molecule has 1 rings (SSSR count). The maximum Gasteiger partial charge on any atom is 0.514 e. The largest absolute Gasteiger partial charge is 0.514 e. The van der Waals surface area contributed by atoms with Crippen LogP contribution in [0.5, 0.6) is 0 Å². The summed E-state index contributed by atoms with van der Waals surface area (Å²) < 4.78 is -0.593. The Morgan fingerprint density at radius 2 is 1.95 bits per heavy atom. The zero-order valence-corrected chi connectivity index (χ0v) is 11.8. The quantitative estimate of drug-likeness (QED) is 0.747. The van der Waals surface area contributed by atoms with Gasteiger partial charge in [-0.25, -0.2) is 9.28 Å². The fraction of sp³-hybridized carbons (Fsp3) is 0.769. The molecule has 1 aliphatic heterocycles. The Kier molecular flexibility index (Phi) is 3.65. The highest BCUT2D eigenvalue weighted by molar-refractivity contribution is 5.80. The number of rotatable bonds is 2. The van der Waals surface area contributed by atoms with Gasteiger partial charge in [0.15, 0.2) is 0 Å². The average molecular weight is 269 g/mol. The van der Waals surface area contributed by atoms with Gasteiger partial charge in [0.2, 0.25) is 5.54 Å². The van der Waals surface area contributed by atoms with Gasteiger partial charge in [0.05, 0.1) is 6.07 Å². The van der Waals surface area contributed by atoms with E-state index in [1.165, 1.54) is 0 Å². The van der Waals surface area contributed by atoms with Crippen molar-refractivity contribution in [2.45, 2.75) is 51.6 Å². The van der Waals surface area contributed by atoms with Crippen LogP contribution in [0.1, 0.15) is 40.5 Å². The van der Waals surface area contributed by atoms with Crippen LogP contribution >= 0.6 is 0 Å². The average Bonchev–Trinajstić information content (AvgIpc) is 2.65. The van der Waals surface area contributed by atoms with Crippen molar-refractivity contribution in [1.29, 1.82) is 5.26 Å². The first-order valence-electron chi connectivity index (χ1n) is 6.34. The summed E-state index contributed by atoms with van der Waals surface area (Å²) in [5.41, 5.74) is -2.24. The third-order valence-electron chi connectivity index (χ3n) is 4.45. The lowest BCUT2D eigenvalue weighted by Crippen LogP contribution is -2.74. The minimum absolute atomic E-state index is 0.0372. The van der Waals surface area contributed by atoms with Crippen molar-refractivity contribution < 1.29 is 24.3 Å². The maximum atomic E-state index is 11.9. The number of likely N-dealkylation sites (tertiary alicyclic amines) is 1. The van der Waals surface area contributed by atoms with Gasteiger partial charge < -0.3 is 10.2 Å². The van der Waals surface area contributed by atoms with Crippen LogP contribution in [0, 0.1) is 17.2 Å². The minimum Gasteiger partial charge on any atom is -0.477 e. The standard InChI is InChI=1S/C13H20N2O4/c1-5-13(10(16)17)6-9(7-14)8-15(13,11(18)19)12(2,3)4/h9H,5-6,8H2,1-4H3,(H-,16,17,18,19)/p+1/t9-,13-,15?/m0/s1. The number of amides is 1. The molecule has 106 valence electrons. The van der Waals surface area contributed by atoms with Crippen LogP contribution < -0.4 is 0 Å². The van der Waals surface area contributed by atoms with Crippen molar-refractivity contribution in [2.24, 2.45) is 5.92 Å². The molecular formula is C13H21N2O4+. The smallest absolute Gasteiger partial charge is 0.477 e. The van der Waals surface area contributed by atoms with E-state index in [0.29, 0.717) is 0 Å². The van der Waals surface area contributed by atoms with Crippen LogP contribution in [0.15, 0.2) is 0 Å². The van der Waals surface area contributed by atoms with Crippen molar-refractivity contribution in [2.75, 3.05) is 6.54 Å². The number of hydrogen-bond donors (Lipinski definition) is 2. The van der Waals surface area contributed by atoms with E-state index < -0.39 is 33.5 Å². The summed E-state index contributed by atoms with van der Waals surface area (Å²) in [5, 5.41) is 28.5. The van der Waals surface area contributed by atoms with Crippen LogP contribution in [0.25, 0.3) is 0 Å². The summed E-state index contributed by atoms with van der Waals surface area (Å²) in [6.45, 7) is 6.86. The highest BCUT2D eigenvalue weighted by atomic mass is 16.4. The Morgan fingerprint density at radius 1 is 1.42 bits per heavy atom. The Hall–Kier alpha value is -1.61. The summed E-state index contributed by atoms with van der Waals surface area (Å²) in [6.07, 6.45) is -0.905. The number of quaternary nitrogens is 1. The molecule has 1 amide bonds. The number of carbonyl (C=O) groups is 2. The molecule has 0 aromatic carbocycles. The molecule has 1 saturated heterocycles. The lowest BCUT2D eigenvalue weighted by Gasteiger charge is -2.49. The summed E-state index contributed by atoms with van der Waals surface area (Å²) in [4.78, 5) is 23.7. The zero-order chi connectivity index (χ0) is 15.1. The van der Waals surface area contributed by atoms with Crippen molar-refractivity contribution in [1.82, 2.24) is 0 Å². The molecule has 1 heterocycles. The summed E-state index contributed by atoms with van der Waals surface area (Å²) in [6, 6.07) is 2.05. The third-order valence-corrected chi connectivity index (χ3v) is 4.45. The van der Waals surface area contributed by atoms with Crippen LogP contribution in [0.3, 0.4) is 0 Å². The summed E-state index contributed by atoms with van der Waals surface area (Å²) in [5.74, 6) is -1.68. The molecule has 0 radical (unpaired) electrons. The van der Waals surface area contributed by atoms with Crippen LogP contribution in [0.2, 0.25) is 0 Å². The Balaban J connectivity index is 3.62. The first-order valence-corrected chi connectivity index (χ1v) is 6.34. The van der Waals surface area contributed by atoms with Crippen molar-refractivity contribution in [3.8, 4) is 6.07 Å². The number of nitriles is 1. The molecule has 0 bridgehead atoms. The van der Waals surface area contributed by atoms with Gasteiger partial charge in [0.25, 0.3) is 0 Å². The molecule has 1 unspecified atom stereocenters. The van der Waals surface area contributed by atoms with E-state index in [1.54, 1.807) is 27.7 Å². The molecule has 1 fully saturated rings. The van der Waals surface area contributed by atoms with E-state index in [0.717, 1.165) is 0 Å². The second-order valence-electron chi connectivity index (χ2n) is 6.17. The van der Waals surface area contributed by atoms with E-state index in [4.69, 9.17) is 5.26 Å². The van der Waals surface area contributed by atoms with Gasteiger partial charge in [0.1, 0.15) is 18.0 Å². The monoisotopic (exact) mass is 269 g/mol. The van der Waals surface area contributed by atoms with E-state index in [9.17, 15) is 19.8 Å². The molecule has 0 aromatic rings. The predicted octanol–water partition coefficient (Wildman–Crippen LogP) is 2.06. The normalized spacial score (nSPS) is 34.8. The minimum atomic E-state index is -1.44. The number of carboxylic acids is 1. The fourth-order valence-corrected chi connectivity index (χ4v) is 3.50. The van der Waals surface area contributed by atoms with Gasteiger partial charge >= 0.3 is 12.1 Å². The van der Waals surface area contributed by atoms with Gasteiger partial charge in [-0.05, 0) is 20.8 Å². The molecule has 19 heavy (non-hydrogen) atoms. The molecule has 6 heteroatoms. The topological polar surface area (TPSA) is 98.4 Å². The van der Waals surface area contributed by atoms with Crippen molar-refractivity contribution >= 4 is 12.1 Å². The fourth-order valence-electron chi connectivity index (χ4n) is 3.50. The van der Waals surface area contributed by atoms with Gasteiger partial charge in [-0.15, -0.1) is 0 Å². The number of aliphatic carboxylic acids is 1. The summed E-state index contributed by atoms with van der Waals surface area (Å²) >= 11 is 0. The van der Waals surface area contributed by atoms with Crippen molar-refractivity contribution in [3.05, 3.63) is 0 Å². The molecule has 3 atom stereocenters. The Labute approximate surface area is 112 Å². The highest BCUT2D eigenvalue weighted by Gasteiger charge is 2.71. The number of hydrogen-bond acceptors (Lipinski definition) is 3. The number of carboxylic acid groups (broad SMARTS) is 2. The number of nitrogens with zero attached hydrogens (tertiary/aromatic N) is 2. The van der Waals surface area contributed by atoms with E-state index in [2.05, 4.69) is 0 Å². The van der Waals surface area contributed by atoms with E-state index in [-0.39, 0.29) is 19.4 Å². The Morgan fingerprint density at radius 3 is 2.16 bits per heavy atom. The highest BCUT2D eigenvalue weighted by Crippen LogP contribution is 2.48. The lowest BCUT2D eigenvalue weighted by atomic mass is 9.85. The molecule has 0 aromatic heterocycles. The van der Waals surface area contributed by atoms with E-state index in [1.807, 2.05) is 6.07 Å². The SMILES string of the molecule is CC[C@@]1(C(=O)O)C[C@@H](C#N)C[N+]1(C(=O)O)C(C)(C)C. The predicted molar refractivity (Wildman–Crippen MR) is 67.3 cm³/mol. The maximum absolute atomic E-state index is 11.9. The molecule has 0 spiro atoms. The molecule has 1 aliphatic rings. The van der Waals surface area contributed by atoms with Crippen LogP contribution in [-0.2, 0) is 4.79 Å². The zero-order valence-electron chi connectivity index (χ0n) is 11.8. The molecule has 0 aliphatic carbocycles. The van der Waals surface area contributed by atoms with E-state index >= 15 is 0 Å². The van der Waals surface area contributed by atoms with Crippen molar-refractivity contribution in [3.63, 3.8) is 0 Å². The van der Waals surface area contributed by atoms with Gasteiger partial charge in [-0.3, -0.25) is 0 Å². The van der Waals surface area contributed by atoms with Gasteiger partial charge in [-0.2, -0.15) is 10.1 Å². The molecular weight excluding hydrogens is 248 g/mol. The second-order valence-corrected chi connectivity index (χ2v) is 6.17. The van der Waals surface area contributed by atoms with Gasteiger partial charge in [-0.1, -0.05) is 6.92 Å². The first-order chi connectivity index (χ1) is 8.59. The lowest BCUT2D eigenvalue weighted by molar-refractivity contribution is -0.931. The Bertz CT molecular complexity index is 449. The molecule has 6 nitrogen and oxygen atoms in total. The molecule has 0 saturated carbocycles.